The number of hydrogen-bond donors (Lipinski definition) is 1. The second-order valence-corrected chi connectivity index (χ2v) is 8.06. The van der Waals surface area contributed by atoms with Crippen molar-refractivity contribution in [2.24, 2.45) is 0 Å². The van der Waals surface area contributed by atoms with Crippen LogP contribution in [0.25, 0.3) is 0 Å². The van der Waals surface area contributed by atoms with E-state index in [4.69, 9.17) is 0 Å². The number of unbranched alkanes of at least 4 members (excludes halogenated alkanes) is 7. The van der Waals surface area contributed by atoms with E-state index in [0.29, 0.717) is 17.6 Å². The Labute approximate surface area is 166 Å². The maximum absolute atomic E-state index is 10.2. The normalized spacial score (nSPS) is 13.4. The Hall–Kier alpha value is -1.76. The van der Waals surface area contributed by atoms with Crippen molar-refractivity contribution in [3.8, 4) is 5.75 Å². The molecule has 148 valence electrons. The van der Waals surface area contributed by atoms with Gasteiger partial charge in [0.1, 0.15) is 5.75 Å². The molecule has 2 aromatic carbocycles. The number of phenols is 1. The van der Waals surface area contributed by atoms with Crippen LogP contribution < -0.4 is 0 Å². The van der Waals surface area contributed by atoms with Gasteiger partial charge in [0, 0.05) is 0 Å². The minimum atomic E-state index is 0.297. The van der Waals surface area contributed by atoms with Gasteiger partial charge in [-0.3, -0.25) is 0 Å². The molecular weight excluding hydrogens is 328 g/mol. The molecule has 0 amide bonds. The number of para-hydroxylation sites is 1. The third-order valence-corrected chi connectivity index (χ3v) is 6.02. The average Bonchev–Trinajstić information content (AvgIpc) is 2.69. The topological polar surface area (TPSA) is 20.2 Å². The fourth-order valence-electron chi connectivity index (χ4n) is 4.07. The molecule has 0 aromatic heterocycles. The number of benzene rings is 2. The van der Waals surface area contributed by atoms with Crippen molar-refractivity contribution in [3.63, 3.8) is 0 Å². The van der Waals surface area contributed by atoms with E-state index in [1.165, 1.54) is 68.9 Å². The number of hydrogen-bond acceptors (Lipinski definition) is 1. The fraction of sp³-hybridized carbons (Fsp3) is 0.538. The van der Waals surface area contributed by atoms with E-state index in [1.807, 2.05) is 12.1 Å². The Morgan fingerprint density at radius 1 is 0.667 bits per heavy atom. The molecule has 2 rings (SSSR count). The van der Waals surface area contributed by atoms with E-state index >= 15 is 0 Å². The van der Waals surface area contributed by atoms with Crippen LogP contribution in [-0.4, -0.2) is 5.11 Å². The molecule has 0 saturated carbocycles. The highest BCUT2D eigenvalue weighted by Gasteiger charge is 2.20. The highest BCUT2D eigenvalue weighted by molar-refractivity contribution is 5.39. The first-order chi connectivity index (χ1) is 13.1. The Bertz CT molecular complexity index is 661. The minimum absolute atomic E-state index is 0.297. The van der Waals surface area contributed by atoms with Crippen LogP contribution in [0, 0.1) is 0 Å². The zero-order valence-electron chi connectivity index (χ0n) is 17.6. The fourth-order valence-corrected chi connectivity index (χ4v) is 4.07. The lowest BCUT2D eigenvalue weighted by Crippen LogP contribution is -2.08. The van der Waals surface area contributed by atoms with Crippen molar-refractivity contribution in [1.29, 1.82) is 0 Å². The molecule has 0 saturated heterocycles. The van der Waals surface area contributed by atoms with Crippen molar-refractivity contribution in [3.05, 3.63) is 65.2 Å². The second-order valence-electron chi connectivity index (χ2n) is 8.06. The minimum Gasteiger partial charge on any atom is -0.508 e. The predicted molar refractivity (Wildman–Crippen MR) is 118 cm³/mol. The van der Waals surface area contributed by atoms with Gasteiger partial charge in [-0.1, -0.05) is 108 Å². The predicted octanol–water partition coefficient (Wildman–Crippen LogP) is 7.98. The summed E-state index contributed by atoms with van der Waals surface area (Å²) in [4.78, 5) is 0. The Morgan fingerprint density at radius 3 is 1.85 bits per heavy atom. The van der Waals surface area contributed by atoms with E-state index in [1.54, 1.807) is 6.07 Å². The first kappa shape index (κ1) is 21.5. The molecule has 0 fully saturated rings. The third kappa shape index (κ3) is 6.72. The largest absolute Gasteiger partial charge is 0.508 e. The molecule has 0 spiro atoms. The van der Waals surface area contributed by atoms with Gasteiger partial charge >= 0.3 is 0 Å². The van der Waals surface area contributed by atoms with E-state index in [-0.39, 0.29) is 0 Å². The molecule has 0 aliphatic carbocycles. The molecule has 0 aliphatic rings. The Kier molecular flexibility index (Phi) is 9.45. The van der Waals surface area contributed by atoms with Gasteiger partial charge in [0.15, 0.2) is 0 Å². The zero-order chi connectivity index (χ0) is 19.5. The summed E-state index contributed by atoms with van der Waals surface area (Å²) in [7, 11) is 0. The van der Waals surface area contributed by atoms with Gasteiger partial charge in [-0.15, -0.1) is 0 Å². The van der Waals surface area contributed by atoms with E-state index in [2.05, 4.69) is 51.1 Å². The van der Waals surface area contributed by atoms with Gasteiger partial charge in [-0.2, -0.15) is 0 Å². The molecule has 0 aliphatic heterocycles. The molecule has 1 heteroatoms. The molecule has 2 aromatic rings. The zero-order valence-corrected chi connectivity index (χ0v) is 17.6. The summed E-state index contributed by atoms with van der Waals surface area (Å²) in [5.41, 5.74) is 3.97. The molecule has 0 radical (unpaired) electrons. The van der Waals surface area contributed by atoms with Crippen LogP contribution in [0.15, 0.2) is 48.5 Å². The SMILES string of the molecule is CCCCCCCCCCc1ccccc1C(C)C(C)c1ccccc1O. The molecule has 27 heavy (non-hydrogen) atoms. The van der Waals surface area contributed by atoms with Crippen molar-refractivity contribution >= 4 is 0 Å². The molecule has 0 bridgehead atoms. The van der Waals surface area contributed by atoms with Crippen LogP contribution in [0.5, 0.6) is 5.75 Å². The van der Waals surface area contributed by atoms with Gasteiger partial charge in [-0.05, 0) is 47.4 Å². The van der Waals surface area contributed by atoms with Crippen LogP contribution in [0.1, 0.15) is 101 Å². The van der Waals surface area contributed by atoms with Gasteiger partial charge in [-0.25, -0.2) is 0 Å². The molecular formula is C26H38O. The monoisotopic (exact) mass is 366 g/mol. The number of aromatic hydroxyl groups is 1. The van der Waals surface area contributed by atoms with Gasteiger partial charge in [0.05, 0.1) is 0 Å². The lowest BCUT2D eigenvalue weighted by atomic mass is 9.81. The molecule has 2 unspecified atom stereocenters. The van der Waals surface area contributed by atoms with Crippen molar-refractivity contribution in [2.45, 2.75) is 90.4 Å². The lowest BCUT2D eigenvalue weighted by Gasteiger charge is -2.24. The molecule has 2 atom stereocenters. The average molecular weight is 367 g/mol. The first-order valence-corrected chi connectivity index (χ1v) is 11.0. The van der Waals surface area contributed by atoms with Crippen molar-refractivity contribution in [2.75, 3.05) is 0 Å². The Balaban J connectivity index is 1.90. The summed E-state index contributed by atoms with van der Waals surface area (Å²) in [5, 5.41) is 10.2. The van der Waals surface area contributed by atoms with Crippen LogP contribution >= 0.6 is 0 Å². The molecule has 1 nitrogen and oxygen atoms in total. The quantitative estimate of drug-likeness (QED) is 0.377. The summed E-state index contributed by atoms with van der Waals surface area (Å²) in [6.45, 7) is 6.80. The summed E-state index contributed by atoms with van der Waals surface area (Å²) in [6.07, 6.45) is 12.1. The smallest absolute Gasteiger partial charge is 0.119 e. The van der Waals surface area contributed by atoms with Crippen molar-refractivity contribution < 1.29 is 5.11 Å². The maximum Gasteiger partial charge on any atom is 0.119 e. The Morgan fingerprint density at radius 2 is 1.19 bits per heavy atom. The third-order valence-electron chi connectivity index (χ3n) is 6.02. The highest BCUT2D eigenvalue weighted by Crippen LogP contribution is 2.37. The van der Waals surface area contributed by atoms with Crippen LogP contribution in [0.3, 0.4) is 0 Å². The highest BCUT2D eigenvalue weighted by atomic mass is 16.3. The summed E-state index contributed by atoms with van der Waals surface area (Å²) >= 11 is 0. The summed E-state index contributed by atoms with van der Waals surface area (Å²) in [5.74, 6) is 1.10. The van der Waals surface area contributed by atoms with Gasteiger partial charge in [0.2, 0.25) is 0 Å². The maximum atomic E-state index is 10.2. The first-order valence-electron chi connectivity index (χ1n) is 11.0. The number of phenolic OH excluding ortho intramolecular Hbond substituents is 1. The molecule has 1 N–H and O–H groups in total. The summed E-state index contributed by atoms with van der Waals surface area (Å²) in [6, 6.07) is 16.7. The number of rotatable bonds is 12. The van der Waals surface area contributed by atoms with Crippen LogP contribution in [-0.2, 0) is 6.42 Å². The van der Waals surface area contributed by atoms with Crippen LogP contribution in [0.4, 0.5) is 0 Å². The molecule has 0 heterocycles. The van der Waals surface area contributed by atoms with E-state index < -0.39 is 0 Å². The van der Waals surface area contributed by atoms with E-state index in [0.717, 1.165) is 5.56 Å². The number of aryl methyl sites for hydroxylation is 1. The van der Waals surface area contributed by atoms with Crippen molar-refractivity contribution in [1.82, 2.24) is 0 Å². The van der Waals surface area contributed by atoms with E-state index in [9.17, 15) is 5.11 Å². The standard InChI is InChI=1S/C26H38O/c1-4-5-6-7-8-9-10-11-16-23-17-12-13-18-24(23)21(2)22(3)25-19-14-15-20-26(25)27/h12-15,17-22,27H,4-11,16H2,1-3H3. The lowest BCUT2D eigenvalue weighted by molar-refractivity contribution is 0.456. The second kappa shape index (κ2) is 11.8. The van der Waals surface area contributed by atoms with Crippen LogP contribution in [0.2, 0.25) is 0 Å². The van der Waals surface area contributed by atoms with Gasteiger partial charge < -0.3 is 5.11 Å². The summed E-state index contributed by atoms with van der Waals surface area (Å²) < 4.78 is 0. The van der Waals surface area contributed by atoms with Gasteiger partial charge in [0.25, 0.3) is 0 Å².